The summed E-state index contributed by atoms with van der Waals surface area (Å²) in [5, 5.41) is 12.4. The molecule has 43 heavy (non-hydrogen) atoms. The third-order valence-electron chi connectivity index (χ3n) is 9.44. The molecule has 1 aromatic heterocycles. The fraction of sp³-hybridized carbons (Fsp3) is 0.581. The number of likely N-dealkylation sites (N-methyl/N-ethyl adjacent to an activating group) is 1. The minimum atomic E-state index is -2.73. The van der Waals surface area contributed by atoms with Gasteiger partial charge in [-0.2, -0.15) is 9.97 Å². The number of likely N-dealkylation sites (tertiary alicyclic amines) is 1. The molecule has 10 nitrogen and oxygen atoms in total. The van der Waals surface area contributed by atoms with Gasteiger partial charge in [0.15, 0.2) is 0 Å². The van der Waals surface area contributed by atoms with Gasteiger partial charge in [-0.3, -0.25) is 14.6 Å². The lowest BCUT2D eigenvalue weighted by molar-refractivity contribution is -0.126. The van der Waals surface area contributed by atoms with E-state index < -0.39 is 12.0 Å². The molecule has 12 heteroatoms. The van der Waals surface area contributed by atoms with Crippen molar-refractivity contribution in [1.29, 1.82) is 0 Å². The maximum absolute atomic E-state index is 14.0. The molecule has 232 valence electrons. The van der Waals surface area contributed by atoms with Crippen molar-refractivity contribution < 1.29 is 23.4 Å². The van der Waals surface area contributed by atoms with E-state index in [1.165, 1.54) is 29.0 Å². The Kier molecular flexibility index (Phi) is 8.27. The number of nitrogens with zero attached hydrogens (tertiary/aromatic N) is 6. The first-order valence-electron chi connectivity index (χ1n) is 15.1. The van der Waals surface area contributed by atoms with Crippen molar-refractivity contribution >= 4 is 11.7 Å². The van der Waals surface area contributed by atoms with Crippen LogP contribution in [-0.4, -0.2) is 113 Å². The van der Waals surface area contributed by atoms with E-state index in [9.17, 15) is 13.6 Å². The number of nitrogens with one attached hydrogen (secondary N) is 1. The normalized spacial score (nSPS) is 27.4. The molecule has 0 bridgehead atoms. The van der Waals surface area contributed by atoms with Gasteiger partial charge in [-0.15, -0.1) is 0 Å². The lowest BCUT2D eigenvalue weighted by Crippen LogP contribution is -2.50. The zero-order chi connectivity index (χ0) is 30.3. The van der Waals surface area contributed by atoms with Gasteiger partial charge in [-0.25, -0.2) is 8.78 Å². The number of carbonyl (C=O) groups excluding carboxylic acids is 1. The third kappa shape index (κ3) is 6.05. The fourth-order valence-corrected chi connectivity index (χ4v) is 7.00. The lowest BCUT2D eigenvalue weighted by Gasteiger charge is -2.42. The number of rotatable bonds is 7. The van der Waals surface area contributed by atoms with Crippen LogP contribution >= 0.6 is 0 Å². The predicted molar refractivity (Wildman–Crippen MR) is 159 cm³/mol. The first kappa shape index (κ1) is 29.7. The molecule has 0 saturated carbocycles. The number of alkyl halides is 2. The number of aliphatic hydroxyl groups is 1. The number of fused-ring (bicyclic) bond motifs is 2. The van der Waals surface area contributed by atoms with Gasteiger partial charge in [0.1, 0.15) is 12.4 Å². The van der Waals surface area contributed by atoms with Crippen LogP contribution in [0, 0.1) is 5.92 Å². The van der Waals surface area contributed by atoms with E-state index >= 15 is 0 Å². The number of allylic oxidation sites excluding steroid dienone is 2. The van der Waals surface area contributed by atoms with Crippen molar-refractivity contribution in [1.82, 2.24) is 30.0 Å². The first-order valence-corrected chi connectivity index (χ1v) is 15.1. The SMILES string of the molecule is CC1=C(C)C(N2CCc3c(nc(OC[C@@H]4CC(F)(F)CN4C)nc3N3CCN(C(=O)/C=C/CO)CC3)C2)C2C=CNC2=C1. The monoisotopic (exact) mass is 597 g/mol. The highest BCUT2D eigenvalue weighted by molar-refractivity contribution is 5.87. The van der Waals surface area contributed by atoms with E-state index in [2.05, 4.69) is 41.1 Å². The standard InChI is InChI=1S/C31H41F2N7O3/c1-20-15-25-23(6-8-34-25)28(21(20)2)40-9-7-24-26(17-40)35-30(43-18-22-16-31(32,33)19-37(22)3)36-29(24)39-12-10-38(11-13-39)27(42)5-4-14-41/h4-6,8,15,22-23,28,34,41H,7,9-14,16-19H2,1-3H3/b5-4+/t22-,23?,28?/m0/s1. The maximum Gasteiger partial charge on any atom is 0.318 e. The Balaban J connectivity index is 1.25. The number of piperazine rings is 1. The average molecular weight is 598 g/mol. The summed E-state index contributed by atoms with van der Waals surface area (Å²) in [5.41, 5.74) is 5.81. The quantitative estimate of drug-likeness (QED) is 0.458. The Labute approximate surface area is 251 Å². The molecule has 0 aromatic carbocycles. The van der Waals surface area contributed by atoms with E-state index in [1.807, 2.05) is 6.20 Å². The fourth-order valence-electron chi connectivity index (χ4n) is 7.00. The van der Waals surface area contributed by atoms with Crippen LogP contribution in [0.15, 0.2) is 47.3 Å². The molecule has 1 aromatic rings. The lowest BCUT2D eigenvalue weighted by atomic mass is 9.82. The van der Waals surface area contributed by atoms with Gasteiger partial charge in [0.05, 0.1) is 18.8 Å². The second kappa shape index (κ2) is 12.0. The van der Waals surface area contributed by atoms with Crippen molar-refractivity contribution in [2.75, 3.05) is 64.4 Å². The van der Waals surface area contributed by atoms with Crippen molar-refractivity contribution in [2.45, 2.75) is 51.2 Å². The molecule has 0 spiro atoms. The summed E-state index contributed by atoms with van der Waals surface area (Å²) in [6, 6.07) is -0.00207. The van der Waals surface area contributed by atoms with Crippen molar-refractivity contribution in [3.05, 3.63) is 58.6 Å². The Hall–Kier alpha value is -3.35. The highest BCUT2D eigenvalue weighted by Gasteiger charge is 2.44. The van der Waals surface area contributed by atoms with Crippen molar-refractivity contribution in [3.63, 3.8) is 0 Å². The zero-order valence-electron chi connectivity index (χ0n) is 25.1. The first-order chi connectivity index (χ1) is 20.6. The topological polar surface area (TPSA) is 97.3 Å². The van der Waals surface area contributed by atoms with Crippen LogP contribution in [0.5, 0.6) is 6.01 Å². The van der Waals surface area contributed by atoms with Crippen LogP contribution < -0.4 is 15.0 Å². The van der Waals surface area contributed by atoms with Crippen LogP contribution in [0.25, 0.3) is 0 Å². The minimum Gasteiger partial charge on any atom is -0.462 e. The minimum absolute atomic E-state index is 0.0872. The summed E-state index contributed by atoms with van der Waals surface area (Å²) in [6.07, 6.45) is 9.86. The van der Waals surface area contributed by atoms with E-state index in [0.29, 0.717) is 32.7 Å². The summed E-state index contributed by atoms with van der Waals surface area (Å²) < 4.78 is 34.1. The Morgan fingerprint density at radius 2 is 2.00 bits per heavy atom. The molecule has 6 rings (SSSR count). The van der Waals surface area contributed by atoms with E-state index in [0.717, 1.165) is 30.0 Å². The third-order valence-corrected chi connectivity index (χ3v) is 9.44. The van der Waals surface area contributed by atoms with E-state index in [-0.39, 0.29) is 50.1 Å². The molecule has 5 aliphatic rings. The molecular weight excluding hydrogens is 556 g/mol. The van der Waals surface area contributed by atoms with Gasteiger partial charge in [-0.05, 0) is 45.2 Å². The highest BCUT2D eigenvalue weighted by atomic mass is 19.3. The van der Waals surface area contributed by atoms with Crippen LogP contribution in [0.2, 0.25) is 0 Å². The van der Waals surface area contributed by atoms with Crippen LogP contribution in [0.3, 0.4) is 0 Å². The number of hydrogen-bond donors (Lipinski definition) is 2. The molecule has 1 amide bonds. The number of aromatic nitrogens is 2. The number of halogens is 2. The maximum atomic E-state index is 14.0. The smallest absolute Gasteiger partial charge is 0.318 e. The molecule has 3 atom stereocenters. The highest BCUT2D eigenvalue weighted by Crippen LogP contribution is 2.39. The molecule has 5 heterocycles. The van der Waals surface area contributed by atoms with E-state index in [4.69, 9.17) is 19.8 Å². The van der Waals surface area contributed by atoms with Crippen LogP contribution in [0.1, 0.15) is 31.5 Å². The summed E-state index contributed by atoms with van der Waals surface area (Å²) in [4.78, 5) is 30.2. The second-order valence-electron chi connectivity index (χ2n) is 12.3. The molecule has 2 unspecified atom stereocenters. The van der Waals surface area contributed by atoms with Gasteiger partial charge < -0.3 is 25.0 Å². The van der Waals surface area contributed by atoms with Gasteiger partial charge in [0, 0.05) is 81.0 Å². The molecule has 2 fully saturated rings. The molecule has 2 N–H and O–H groups in total. The number of aliphatic hydroxyl groups excluding tert-OH is 1. The van der Waals surface area contributed by atoms with Gasteiger partial charge in [0.25, 0.3) is 5.92 Å². The van der Waals surface area contributed by atoms with Crippen LogP contribution in [-0.2, 0) is 17.8 Å². The summed E-state index contributed by atoms with van der Waals surface area (Å²) in [6.45, 7) is 7.72. The van der Waals surface area contributed by atoms with Crippen molar-refractivity contribution in [2.24, 2.45) is 5.92 Å². The van der Waals surface area contributed by atoms with Crippen LogP contribution in [0.4, 0.5) is 14.6 Å². The zero-order valence-corrected chi connectivity index (χ0v) is 25.1. The molecule has 1 aliphatic carbocycles. The Morgan fingerprint density at radius 1 is 1.21 bits per heavy atom. The number of carbonyl (C=O) groups is 1. The predicted octanol–water partition coefficient (Wildman–Crippen LogP) is 2.09. The molecular formula is C31H41F2N7O3. The second-order valence-corrected chi connectivity index (χ2v) is 12.3. The molecule has 0 radical (unpaired) electrons. The largest absolute Gasteiger partial charge is 0.462 e. The number of ether oxygens (including phenoxy) is 1. The Morgan fingerprint density at radius 3 is 2.72 bits per heavy atom. The van der Waals surface area contributed by atoms with Gasteiger partial charge >= 0.3 is 6.01 Å². The van der Waals surface area contributed by atoms with Crippen molar-refractivity contribution in [3.8, 4) is 6.01 Å². The summed E-state index contributed by atoms with van der Waals surface area (Å²) in [5.74, 6) is -1.79. The summed E-state index contributed by atoms with van der Waals surface area (Å²) >= 11 is 0. The number of anilines is 1. The molecule has 2 saturated heterocycles. The summed E-state index contributed by atoms with van der Waals surface area (Å²) in [7, 11) is 1.69. The van der Waals surface area contributed by atoms with Gasteiger partial charge in [-0.1, -0.05) is 17.7 Å². The van der Waals surface area contributed by atoms with Gasteiger partial charge in [0.2, 0.25) is 5.91 Å². The average Bonchev–Trinajstić information content (AvgIpc) is 3.56. The number of amides is 1. The van der Waals surface area contributed by atoms with E-state index in [1.54, 1.807) is 16.8 Å². The molecule has 4 aliphatic heterocycles. The number of hydrogen-bond acceptors (Lipinski definition) is 9. The Bertz CT molecular complexity index is 1370.